The van der Waals surface area contributed by atoms with E-state index in [0.717, 1.165) is 19.6 Å². The zero-order valence-corrected chi connectivity index (χ0v) is 9.91. The molecule has 1 amide bonds. The lowest BCUT2D eigenvalue weighted by atomic mass is 9.92. The van der Waals surface area contributed by atoms with Gasteiger partial charge in [-0.25, -0.2) is 0 Å². The highest BCUT2D eigenvalue weighted by atomic mass is 32.2. The molecule has 0 saturated carbocycles. The van der Waals surface area contributed by atoms with Crippen LogP contribution in [0, 0.1) is 5.41 Å². The summed E-state index contributed by atoms with van der Waals surface area (Å²) in [6.07, 6.45) is 0. The molecule has 0 aromatic carbocycles. The van der Waals surface area contributed by atoms with E-state index in [2.05, 4.69) is 5.32 Å². The zero-order chi connectivity index (χ0) is 10.4. The third-order valence-electron chi connectivity index (χ3n) is 2.75. The van der Waals surface area contributed by atoms with Gasteiger partial charge in [0.05, 0.1) is 13.1 Å². The first-order valence-corrected chi connectivity index (χ1v) is 6.10. The van der Waals surface area contributed by atoms with E-state index in [1.54, 1.807) is 0 Å². The molecule has 2 fully saturated rings. The number of hydrogen-bond acceptors (Lipinski definition) is 3. The highest BCUT2D eigenvalue weighted by Gasteiger charge is 2.49. The molecule has 1 N–H and O–H groups in total. The number of thioether (sulfide) groups is 1. The fraction of sp³-hybridized carbons (Fsp3) is 0.900. The van der Waals surface area contributed by atoms with Gasteiger partial charge in [-0.2, -0.15) is 0 Å². The second kappa shape index (κ2) is 3.14. The second-order valence-corrected chi connectivity index (χ2v) is 6.66. The predicted octanol–water partition coefficient (Wildman–Crippen LogP) is 0.907. The van der Waals surface area contributed by atoms with Crippen LogP contribution in [0.4, 0.5) is 0 Å². The summed E-state index contributed by atoms with van der Waals surface area (Å²) in [5.74, 6) is 1.45. The molecule has 0 aliphatic carbocycles. The van der Waals surface area contributed by atoms with E-state index in [1.807, 2.05) is 37.4 Å². The lowest BCUT2D eigenvalue weighted by Crippen LogP contribution is -2.67. The third-order valence-corrected chi connectivity index (χ3v) is 4.11. The number of rotatable bonds is 0. The molecule has 2 aliphatic rings. The number of nitrogens with zero attached hydrogens (tertiary/aromatic N) is 1. The van der Waals surface area contributed by atoms with E-state index in [-0.39, 0.29) is 16.2 Å². The van der Waals surface area contributed by atoms with Crippen molar-refractivity contribution in [2.24, 2.45) is 5.41 Å². The van der Waals surface area contributed by atoms with Crippen LogP contribution in [0.25, 0.3) is 0 Å². The van der Waals surface area contributed by atoms with Crippen molar-refractivity contribution in [3.63, 3.8) is 0 Å². The quantitative estimate of drug-likeness (QED) is 0.650. The molecule has 2 saturated heterocycles. The van der Waals surface area contributed by atoms with Crippen molar-refractivity contribution < 1.29 is 4.79 Å². The first-order chi connectivity index (χ1) is 6.43. The molecule has 14 heavy (non-hydrogen) atoms. The molecule has 1 spiro atoms. The summed E-state index contributed by atoms with van der Waals surface area (Å²) < 4.78 is 0. The Morgan fingerprint density at radius 3 is 2.50 bits per heavy atom. The molecule has 0 aromatic rings. The first-order valence-electron chi connectivity index (χ1n) is 5.11. The molecule has 0 bridgehead atoms. The fourth-order valence-corrected chi connectivity index (χ4v) is 3.26. The van der Waals surface area contributed by atoms with Crippen molar-refractivity contribution in [2.45, 2.75) is 25.6 Å². The van der Waals surface area contributed by atoms with Crippen molar-refractivity contribution in [2.75, 3.05) is 25.4 Å². The second-order valence-electron chi connectivity index (χ2n) is 5.18. The van der Waals surface area contributed by atoms with E-state index in [9.17, 15) is 4.79 Å². The van der Waals surface area contributed by atoms with Crippen molar-refractivity contribution in [1.29, 1.82) is 0 Å². The van der Waals surface area contributed by atoms with Gasteiger partial charge < -0.3 is 4.90 Å². The Kier molecular flexibility index (Phi) is 2.31. The summed E-state index contributed by atoms with van der Waals surface area (Å²) in [6, 6.07) is 0. The first kappa shape index (κ1) is 10.3. The number of likely N-dealkylation sites (tertiary alicyclic amines) is 1. The van der Waals surface area contributed by atoms with Crippen LogP contribution in [0.15, 0.2) is 0 Å². The molecule has 0 aromatic heterocycles. The average Bonchev–Trinajstić information content (AvgIpc) is 2.46. The summed E-state index contributed by atoms with van der Waals surface area (Å²) in [4.78, 5) is 14.0. The Labute approximate surface area is 89.6 Å². The van der Waals surface area contributed by atoms with Crippen LogP contribution in [0.5, 0.6) is 0 Å². The van der Waals surface area contributed by atoms with Gasteiger partial charge in [0.2, 0.25) is 5.91 Å². The van der Waals surface area contributed by atoms with E-state index in [4.69, 9.17) is 0 Å². The summed E-state index contributed by atoms with van der Waals surface area (Å²) in [5.41, 5.74) is -0.231. The molecular weight excluding hydrogens is 196 g/mol. The smallest absolute Gasteiger partial charge is 0.228 e. The Hall–Kier alpha value is -0.220. The van der Waals surface area contributed by atoms with Gasteiger partial charge in [0.25, 0.3) is 0 Å². The summed E-state index contributed by atoms with van der Waals surface area (Å²) in [5, 5.41) is 3.47. The van der Waals surface area contributed by atoms with Gasteiger partial charge in [-0.15, -0.1) is 11.8 Å². The molecule has 4 heteroatoms. The van der Waals surface area contributed by atoms with Crippen LogP contribution in [0.2, 0.25) is 0 Å². The van der Waals surface area contributed by atoms with Crippen LogP contribution in [-0.4, -0.2) is 41.1 Å². The van der Waals surface area contributed by atoms with E-state index in [1.165, 1.54) is 5.75 Å². The molecule has 0 atom stereocenters. The van der Waals surface area contributed by atoms with Gasteiger partial charge in [0.1, 0.15) is 4.87 Å². The monoisotopic (exact) mass is 214 g/mol. The van der Waals surface area contributed by atoms with Crippen molar-refractivity contribution in [3.8, 4) is 0 Å². The van der Waals surface area contributed by atoms with Crippen LogP contribution < -0.4 is 5.32 Å². The summed E-state index contributed by atoms with van der Waals surface area (Å²) in [6.45, 7) is 8.80. The summed E-state index contributed by atoms with van der Waals surface area (Å²) >= 11 is 1.96. The van der Waals surface area contributed by atoms with Crippen molar-refractivity contribution in [3.05, 3.63) is 0 Å². The molecule has 0 radical (unpaired) electrons. The molecule has 2 aliphatic heterocycles. The van der Waals surface area contributed by atoms with Crippen LogP contribution in [-0.2, 0) is 4.79 Å². The number of nitrogens with one attached hydrogen (secondary N) is 1. The van der Waals surface area contributed by atoms with Gasteiger partial charge in [0.15, 0.2) is 0 Å². The van der Waals surface area contributed by atoms with Crippen LogP contribution in [0.3, 0.4) is 0 Å². The molecular formula is C10H18N2OS. The van der Waals surface area contributed by atoms with Gasteiger partial charge in [-0.3, -0.25) is 10.1 Å². The minimum Gasteiger partial charge on any atom is -0.337 e. The number of hydrogen-bond donors (Lipinski definition) is 1. The van der Waals surface area contributed by atoms with Gasteiger partial charge in [-0.05, 0) is 0 Å². The van der Waals surface area contributed by atoms with Crippen LogP contribution in [0.1, 0.15) is 20.8 Å². The third kappa shape index (κ3) is 1.65. The lowest BCUT2D eigenvalue weighted by Gasteiger charge is -2.49. The Bertz CT molecular complexity index is 245. The van der Waals surface area contributed by atoms with Crippen LogP contribution >= 0.6 is 11.8 Å². The maximum absolute atomic E-state index is 11.9. The number of carbonyl (C=O) groups excluding carboxylic acids is 1. The number of carbonyl (C=O) groups is 1. The molecule has 2 heterocycles. The standard InChI is InChI=1S/C10H18N2OS/c1-9(2,3)8(13)12-6-10(7-12)11-4-5-14-10/h11H,4-7H2,1-3H3. The van der Waals surface area contributed by atoms with Gasteiger partial charge >= 0.3 is 0 Å². The number of amides is 1. The minimum absolute atomic E-state index is 0.209. The SMILES string of the molecule is CC(C)(C)C(=O)N1CC2(C1)NCCS2. The predicted molar refractivity (Wildman–Crippen MR) is 59.2 cm³/mol. The Morgan fingerprint density at radius 1 is 1.43 bits per heavy atom. The highest BCUT2D eigenvalue weighted by molar-refractivity contribution is 8.01. The van der Waals surface area contributed by atoms with E-state index >= 15 is 0 Å². The Balaban J connectivity index is 1.91. The fourth-order valence-electron chi connectivity index (χ4n) is 1.97. The highest BCUT2D eigenvalue weighted by Crippen LogP contribution is 2.37. The molecule has 80 valence electrons. The molecule has 3 nitrogen and oxygen atoms in total. The Morgan fingerprint density at radius 2 is 2.07 bits per heavy atom. The normalized spacial score (nSPS) is 25.2. The zero-order valence-electron chi connectivity index (χ0n) is 9.09. The maximum atomic E-state index is 11.9. The largest absolute Gasteiger partial charge is 0.337 e. The van der Waals surface area contributed by atoms with Gasteiger partial charge in [0, 0.05) is 17.7 Å². The lowest BCUT2D eigenvalue weighted by molar-refractivity contribution is -0.145. The topological polar surface area (TPSA) is 32.3 Å². The van der Waals surface area contributed by atoms with Gasteiger partial charge in [-0.1, -0.05) is 20.8 Å². The van der Waals surface area contributed by atoms with E-state index < -0.39 is 0 Å². The molecule has 0 unspecified atom stereocenters. The maximum Gasteiger partial charge on any atom is 0.228 e. The average molecular weight is 214 g/mol. The summed E-state index contributed by atoms with van der Waals surface area (Å²) in [7, 11) is 0. The molecule has 2 rings (SSSR count). The van der Waals surface area contributed by atoms with Crippen molar-refractivity contribution >= 4 is 17.7 Å². The van der Waals surface area contributed by atoms with Crippen molar-refractivity contribution in [1.82, 2.24) is 10.2 Å². The minimum atomic E-state index is -0.231. The van der Waals surface area contributed by atoms with E-state index in [0.29, 0.717) is 0 Å².